The molecule has 30 heavy (non-hydrogen) atoms. The van der Waals surface area contributed by atoms with Gasteiger partial charge in [0.05, 0.1) is 26.7 Å². The van der Waals surface area contributed by atoms with Gasteiger partial charge in [0, 0.05) is 43.2 Å². The SMILES string of the molecule is COc1ccc(OC)c(CN2CCN(C(=O)CC(NC(N)=O)c3cccs3)CC2)c1. The number of nitrogens with two attached hydrogens (primary N) is 1. The third-order valence-corrected chi connectivity index (χ3v) is 6.17. The number of thiophene rings is 1. The fourth-order valence-corrected chi connectivity index (χ4v) is 4.37. The number of methoxy groups -OCH3 is 2. The summed E-state index contributed by atoms with van der Waals surface area (Å²) < 4.78 is 10.8. The second kappa shape index (κ2) is 10.3. The first kappa shape index (κ1) is 21.9. The van der Waals surface area contributed by atoms with Gasteiger partial charge in [0.1, 0.15) is 11.5 Å². The number of amides is 3. The molecule has 0 aliphatic carbocycles. The van der Waals surface area contributed by atoms with Crippen molar-refractivity contribution in [1.82, 2.24) is 15.1 Å². The van der Waals surface area contributed by atoms with Crippen molar-refractivity contribution in [2.75, 3.05) is 40.4 Å². The standard InChI is InChI=1S/C21H28N4O4S/c1-28-16-5-6-18(29-2)15(12-16)14-24-7-9-25(10-8-24)20(26)13-17(23-21(22)27)19-4-3-11-30-19/h3-6,11-12,17H,7-10,13-14H2,1-2H3,(H3,22,23,27). The average Bonchev–Trinajstić information content (AvgIpc) is 3.28. The van der Waals surface area contributed by atoms with Crippen LogP contribution in [0.3, 0.4) is 0 Å². The summed E-state index contributed by atoms with van der Waals surface area (Å²) in [7, 11) is 3.30. The number of carbonyl (C=O) groups is 2. The van der Waals surface area contributed by atoms with Crippen LogP contribution in [0.2, 0.25) is 0 Å². The molecule has 1 aromatic carbocycles. The van der Waals surface area contributed by atoms with Gasteiger partial charge in [-0.3, -0.25) is 9.69 Å². The monoisotopic (exact) mass is 432 g/mol. The summed E-state index contributed by atoms with van der Waals surface area (Å²) in [5.74, 6) is 1.63. The van der Waals surface area contributed by atoms with Crippen LogP contribution in [0, 0.1) is 0 Å². The maximum atomic E-state index is 12.8. The Labute approximate surface area is 180 Å². The van der Waals surface area contributed by atoms with Crippen LogP contribution in [0.5, 0.6) is 11.5 Å². The molecule has 1 aliphatic heterocycles. The zero-order valence-corrected chi connectivity index (χ0v) is 18.1. The Bertz CT molecular complexity index is 851. The van der Waals surface area contributed by atoms with Gasteiger partial charge in [-0.25, -0.2) is 4.79 Å². The molecule has 1 saturated heterocycles. The van der Waals surface area contributed by atoms with Gasteiger partial charge in [-0.15, -0.1) is 11.3 Å². The minimum absolute atomic E-state index is 0.0146. The van der Waals surface area contributed by atoms with Crippen molar-refractivity contribution in [2.24, 2.45) is 5.73 Å². The van der Waals surface area contributed by atoms with Gasteiger partial charge in [-0.05, 0) is 29.6 Å². The molecule has 2 aromatic rings. The Kier molecular flexibility index (Phi) is 7.53. The van der Waals surface area contributed by atoms with Crippen LogP contribution < -0.4 is 20.5 Å². The number of hydrogen-bond donors (Lipinski definition) is 2. The summed E-state index contributed by atoms with van der Waals surface area (Å²) >= 11 is 1.50. The van der Waals surface area contributed by atoms with Crippen molar-refractivity contribution in [2.45, 2.75) is 19.0 Å². The van der Waals surface area contributed by atoms with E-state index in [4.69, 9.17) is 15.2 Å². The van der Waals surface area contributed by atoms with Crippen LogP contribution in [-0.4, -0.2) is 62.1 Å². The van der Waals surface area contributed by atoms with Crippen molar-refractivity contribution in [3.05, 3.63) is 46.2 Å². The molecule has 1 aromatic heterocycles. The molecule has 1 aliphatic rings. The predicted molar refractivity (Wildman–Crippen MR) is 116 cm³/mol. The first-order valence-electron chi connectivity index (χ1n) is 9.80. The molecule has 1 atom stereocenters. The fourth-order valence-electron chi connectivity index (χ4n) is 3.59. The van der Waals surface area contributed by atoms with Gasteiger partial charge in [-0.1, -0.05) is 6.07 Å². The molecule has 0 spiro atoms. The molecule has 2 heterocycles. The topological polar surface area (TPSA) is 97.1 Å². The van der Waals surface area contributed by atoms with Gasteiger partial charge >= 0.3 is 6.03 Å². The van der Waals surface area contributed by atoms with Gasteiger partial charge in [0.15, 0.2) is 0 Å². The number of urea groups is 1. The Balaban J connectivity index is 1.56. The third kappa shape index (κ3) is 5.64. The second-order valence-corrected chi connectivity index (χ2v) is 8.09. The van der Waals surface area contributed by atoms with Gasteiger partial charge in [-0.2, -0.15) is 0 Å². The number of primary amides is 1. The largest absolute Gasteiger partial charge is 0.497 e. The quantitative estimate of drug-likeness (QED) is 0.667. The van der Waals surface area contributed by atoms with Crippen molar-refractivity contribution >= 4 is 23.3 Å². The first-order chi connectivity index (χ1) is 14.5. The number of nitrogens with one attached hydrogen (secondary N) is 1. The smallest absolute Gasteiger partial charge is 0.312 e. The van der Waals surface area contributed by atoms with E-state index < -0.39 is 12.1 Å². The predicted octanol–water partition coefficient (Wildman–Crippen LogP) is 2.21. The van der Waals surface area contributed by atoms with Crippen molar-refractivity contribution in [1.29, 1.82) is 0 Å². The number of ether oxygens (including phenoxy) is 2. The molecule has 1 fully saturated rings. The molecular formula is C21H28N4O4S. The lowest BCUT2D eigenvalue weighted by Gasteiger charge is -2.35. The molecule has 0 radical (unpaired) electrons. The van der Waals surface area contributed by atoms with E-state index in [9.17, 15) is 9.59 Å². The highest BCUT2D eigenvalue weighted by molar-refractivity contribution is 7.10. The molecule has 162 valence electrons. The van der Waals surface area contributed by atoms with Crippen LogP contribution in [0.25, 0.3) is 0 Å². The molecule has 1 unspecified atom stereocenters. The second-order valence-electron chi connectivity index (χ2n) is 7.12. The molecule has 3 rings (SSSR count). The zero-order chi connectivity index (χ0) is 21.5. The first-order valence-corrected chi connectivity index (χ1v) is 10.7. The van der Waals surface area contributed by atoms with Gasteiger partial charge in [0.2, 0.25) is 5.91 Å². The number of carbonyl (C=O) groups excluding carboxylic acids is 2. The van der Waals surface area contributed by atoms with Crippen molar-refractivity contribution in [3.8, 4) is 11.5 Å². The van der Waals surface area contributed by atoms with Gasteiger partial charge in [0.25, 0.3) is 0 Å². The molecule has 0 saturated carbocycles. The lowest BCUT2D eigenvalue weighted by atomic mass is 10.1. The molecule has 3 amide bonds. The highest BCUT2D eigenvalue weighted by Gasteiger charge is 2.26. The van der Waals surface area contributed by atoms with E-state index in [0.29, 0.717) is 13.1 Å². The molecule has 0 bridgehead atoms. The van der Waals surface area contributed by atoms with E-state index >= 15 is 0 Å². The number of hydrogen-bond acceptors (Lipinski definition) is 6. The fraction of sp³-hybridized carbons (Fsp3) is 0.429. The number of rotatable bonds is 8. The summed E-state index contributed by atoms with van der Waals surface area (Å²) in [4.78, 5) is 29.2. The molecule has 3 N–H and O–H groups in total. The lowest BCUT2D eigenvalue weighted by molar-refractivity contribution is -0.133. The van der Waals surface area contributed by atoms with Gasteiger partial charge < -0.3 is 25.4 Å². The third-order valence-electron chi connectivity index (χ3n) is 5.19. The molecular weight excluding hydrogens is 404 g/mol. The minimum atomic E-state index is -0.627. The maximum absolute atomic E-state index is 12.8. The normalized spacial score (nSPS) is 15.5. The number of benzene rings is 1. The molecule has 8 nitrogen and oxygen atoms in total. The Morgan fingerprint density at radius 1 is 1.17 bits per heavy atom. The van der Waals surface area contributed by atoms with Crippen molar-refractivity contribution in [3.63, 3.8) is 0 Å². The Hall–Kier alpha value is -2.78. The van der Waals surface area contributed by atoms with Crippen LogP contribution in [0.15, 0.2) is 35.7 Å². The lowest BCUT2D eigenvalue weighted by Crippen LogP contribution is -2.49. The highest BCUT2D eigenvalue weighted by atomic mass is 32.1. The summed E-state index contributed by atoms with van der Waals surface area (Å²) in [5, 5.41) is 4.60. The van der Waals surface area contributed by atoms with Crippen LogP contribution in [0.4, 0.5) is 4.79 Å². The summed E-state index contributed by atoms with van der Waals surface area (Å²) in [5.41, 5.74) is 6.35. The summed E-state index contributed by atoms with van der Waals surface area (Å²) in [6.07, 6.45) is 0.202. The average molecular weight is 433 g/mol. The Morgan fingerprint density at radius 2 is 1.93 bits per heavy atom. The Morgan fingerprint density at radius 3 is 2.53 bits per heavy atom. The highest BCUT2D eigenvalue weighted by Crippen LogP contribution is 2.26. The maximum Gasteiger partial charge on any atom is 0.312 e. The van der Waals surface area contributed by atoms with Crippen molar-refractivity contribution < 1.29 is 19.1 Å². The van der Waals surface area contributed by atoms with Crippen LogP contribution >= 0.6 is 11.3 Å². The molecule has 9 heteroatoms. The van der Waals surface area contributed by atoms with E-state index in [1.807, 2.05) is 40.6 Å². The van der Waals surface area contributed by atoms with E-state index in [0.717, 1.165) is 41.6 Å². The minimum Gasteiger partial charge on any atom is -0.497 e. The number of nitrogens with zero attached hydrogens (tertiary/aromatic N) is 2. The zero-order valence-electron chi connectivity index (χ0n) is 17.3. The van der Waals surface area contributed by atoms with E-state index in [2.05, 4.69) is 10.2 Å². The summed E-state index contributed by atoms with van der Waals surface area (Å²) in [6, 6.07) is 8.54. The van der Waals surface area contributed by atoms with E-state index in [-0.39, 0.29) is 12.3 Å². The summed E-state index contributed by atoms with van der Waals surface area (Å²) in [6.45, 7) is 3.53. The van der Waals surface area contributed by atoms with E-state index in [1.165, 1.54) is 11.3 Å². The van der Waals surface area contributed by atoms with E-state index in [1.54, 1.807) is 14.2 Å². The van der Waals surface area contributed by atoms with Crippen LogP contribution in [-0.2, 0) is 11.3 Å². The van der Waals surface area contributed by atoms with Crippen LogP contribution in [0.1, 0.15) is 22.9 Å². The number of piperazine rings is 1.